The van der Waals surface area contributed by atoms with Crippen LogP contribution in [0.2, 0.25) is 0 Å². The fourth-order valence-corrected chi connectivity index (χ4v) is 6.34. The largest absolute Gasteiger partial charge is 0.490 e. The number of aromatic nitrogens is 1. The predicted octanol–water partition coefficient (Wildman–Crippen LogP) is 6.69. The number of ether oxygens (including phenoxy) is 3. The predicted molar refractivity (Wildman–Crippen MR) is 167 cm³/mol. The minimum absolute atomic E-state index is 0.0643. The summed E-state index contributed by atoms with van der Waals surface area (Å²) < 4.78 is 23.2. The standard InChI is InChI=1S/C34H30N2O7S/c1-6-41-26-16-22(12-13-24(26)42-17-21-10-8-7-9-11-21)28-27-29(37)23-14-18(2)19(3)15-25(23)43-30(27)32(38)36(28)34-35-20(4)31(44-34)33(39)40-5/h7-16,28H,6,17H2,1-5H3. The van der Waals surface area contributed by atoms with Gasteiger partial charge in [-0.3, -0.25) is 14.5 Å². The van der Waals surface area contributed by atoms with E-state index in [9.17, 15) is 14.4 Å². The summed E-state index contributed by atoms with van der Waals surface area (Å²) >= 11 is 1.02. The Kier molecular flexibility index (Phi) is 7.69. The van der Waals surface area contributed by atoms with Gasteiger partial charge in [-0.1, -0.05) is 47.7 Å². The van der Waals surface area contributed by atoms with E-state index in [1.54, 1.807) is 37.3 Å². The SMILES string of the molecule is CCOc1cc(C2c3c(oc4cc(C)c(C)cc4c3=O)C(=O)N2c2nc(C)c(C(=O)OC)s2)ccc1OCc1ccccc1. The van der Waals surface area contributed by atoms with Gasteiger partial charge in [0.2, 0.25) is 5.76 Å². The summed E-state index contributed by atoms with van der Waals surface area (Å²) in [5.41, 5.74) is 4.08. The number of thiazole rings is 1. The first kappa shape index (κ1) is 29.1. The lowest BCUT2D eigenvalue weighted by atomic mass is 9.97. The van der Waals surface area contributed by atoms with E-state index in [4.69, 9.17) is 18.6 Å². The van der Waals surface area contributed by atoms with E-state index in [1.807, 2.05) is 51.1 Å². The lowest BCUT2D eigenvalue weighted by Gasteiger charge is -2.23. The second-order valence-electron chi connectivity index (χ2n) is 10.5. The Morgan fingerprint density at radius 1 is 0.977 bits per heavy atom. The molecule has 0 aliphatic carbocycles. The molecule has 0 fully saturated rings. The molecule has 1 aliphatic heterocycles. The number of hydrogen-bond acceptors (Lipinski definition) is 9. The molecule has 0 saturated carbocycles. The molecule has 0 N–H and O–H groups in total. The van der Waals surface area contributed by atoms with Crippen molar-refractivity contribution in [1.29, 1.82) is 0 Å². The molecule has 1 unspecified atom stereocenters. The molecule has 0 spiro atoms. The zero-order valence-corrected chi connectivity index (χ0v) is 25.7. The number of fused-ring (bicyclic) bond motifs is 2. The first-order valence-electron chi connectivity index (χ1n) is 14.1. The van der Waals surface area contributed by atoms with Crippen molar-refractivity contribution in [3.05, 3.63) is 115 Å². The zero-order valence-electron chi connectivity index (χ0n) is 24.9. The fourth-order valence-electron chi connectivity index (χ4n) is 5.33. The van der Waals surface area contributed by atoms with Crippen LogP contribution in [0, 0.1) is 20.8 Å². The van der Waals surface area contributed by atoms with Crippen LogP contribution in [0.1, 0.15) is 66.7 Å². The molecule has 0 saturated heterocycles. The molecule has 224 valence electrons. The van der Waals surface area contributed by atoms with Crippen LogP contribution in [-0.2, 0) is 11.3 Å². The van der Waals surface area contributed by atoms with Gasteiger partial charge in [0, 0.05) is 0 Å². The van der Waals surface area contributed by atoms with Crippen molar-refractivity contribution >= 4 is 39.3 Å². The van der Waals surface area contributed by atoms with Crippen LogP contribution in [-0.4, -0.2) is 30.6 Å². The molecule has 0 radical (unpaired) electrons. The number of hydrogen-bond donors (Lipinski definition) is 0. The van der Waals surface area contributed by atoms with Crippen molar-refractivity contribution in [1.82, 2.24) is 4.98 Å². The number of nitrogens with zero attached hydrogens (tertiary/aromatic N) is 2. The summed E-state index contributed by atoms with van der Waals surface area (Å²) in [4.78, 5) is 47.0. The Balaban J connectivity index is 1.52. The Bertz CT molecular complexity index is 1980. The molecule has 1 atom stereocenters. The maximum absolute atomic E-state index is 14.2. The molecule has 5 aromatic rings. The maximum Gasteiger partial charge on any atom is 0.350 e. The van der Waals surface area contributed by atoms with Gasteiger partial charge in [0.15, 0.2) is 22.1 Å². The smallest absolute Gasteiger partial charge is 0.350 e. The lowest BCUT2D eigenvalue weighted by Crippen LogP contribution is -2.29. The lowest BCUT2D eigenvalue weighted by molar-refractivity contribution is 0.0605. The zero-order chi connectivity index (χ0) is 31.1. The molecule has 2 aromatic heterocycles. The topological polar surface area (TPSA) is 108 Å². The summed E-state index contributed by atoms with van der Waals surface area (Å²) in [6.45, 7) is 8.08. The highest BCUT2D eigenvalue weighted by atomic mass is 32.1. The normalized spacial score (nSPS) is 14.2. The second-order valence-corrected chi connectivity index (χ2v) is 11.5. The third-order valence-electron chi connectivity index (χ3n) is 7.67. The van der Waals surface area contributed by atoms with Crippen molar-refractivity contribution in [2.24, 2.45) is 0 Å². The minimum Gasteiger partial charge on any atom is -0.490 e. The van der Waals surface area contributed by atoms with Gasteiger partial charge in [-0.15, -0.1) is 0 Å². The van der Waals surface area contributed by atoms with Gasteiger partial charge < -0.3 is 18.6 Å². The average Bonchev–Trinajstić information content (AvgIpc) is 3.54. The number of rotatable bonds is 8. The molecule has 1 amide bonds. The summed E-state index contributed by atoms with van der Waals surface area (Å²) in [5, 5.41) is 0.618. The van der Waals surface area contributed by atoms with E-state index >= 15 is 0 Å². The number of carbonyl (C=O) groups excluding carboxylic acids is 2. The highest BCUT2D eigenvalue weighted by Gasteiger charge is 2.45. The number of carbonyl (C=O) groups is 2. The molecule has 0 bridgehead atoms. The Morgan fingerprint density at radius 3 is 2.45 bits per heavy atom. The van der Waals surface area contributed by atoms with E-state index in [-0.39, 0.29) is 26.8 Å². The van der Waals surface area contributed by atoms with Gasteiger partial charge in [0.1, 0.15) is 17.1 Å². The average molecular weight is 611 g/mol. The number of esters is 1. The number of amides is 1. The van der Waals surface area contributed by atoms with E-state index in [0.717, 1.165) is 28.0 Å². The number of methoxy groups -OCH3 is 1. The number of anilines is 1. The summed E-state index contributed by atoms with van der Waals surface area (Å²) in [6, 6.07) is 17.8. The summed E-state index contributed by atoms with van der Waals surface area (Å²) in [6.07, 6.45) is 0. The van der Waals surface area contributed by atoms with Gasteiger partial charge in [0.05, 0.1) is 36.4 Å². The van der Waals surface area contributed by atoms with Crippen molar-refractivity contribution in [3.63, 3.8) is 0 Å². The van der Waals surface area contributed by atoms with Crippen molar-refractivity contribution in [2.75, 3.05) is 18.6 Å². The van der Waals surface area contributed by atoms with Gasteiger partial charge in [-0.2, -0.15) is 0 Å². The van der Waals surface area contributed by atoms with Crippen molar-refractivity contribution < 1.29 is 28.2 Å². The summed E-state index contributed by atoms with van der Waals surface area (Å²) in [5.74, 6) is -0.175. The fraction of sp³-hybridized carbons (Fsp3) is 0.235. The van der Waals surface area contributed by atoms with Gasteiger partial charge in [-0.05, 0) is 74.2 Å². The van der Waals surface area contributed by atoms with Crippen LogP contribution in [0.5, 0.6) is 11.5 Å². The van der Waals surface area contributed by atoms with Crippen LogP contribution in [0.25, 0.3) is 11.0 Å². The highest BCUT2D eigenvalue weighted by Crippen LogP contribution is 2.45. The molecule has 6 rings (SSSR count). The second kappa shape index (κ2) is 11.6. The molecule has 3 aromatic carbocycles. The molecule has 10 heteroatoms. The van der Waals surface area contributed by atoms with Gasteiger partial charge in [-0.25, -0.2) is 9.78 Å². The molecule has 9 nitrogen and oxygen atoms in total. The Hall–Kier alpha value is -4.96. The van der Waals surface area contributed by atoms with E-state index in [2.05, 4.69) is 4.98 Å². The van der Waals surface area contributed by atoms with Crippen LogP contribution in [0.15, 0.2) is 69.9 Å². The van der Waals surface area contributed by atoms with Crippen LogP contribution in [0.4, 0.5) is 5.13 Å². The number of aryl methyl sites for hydroxylation is 3. The molecular weight excluding hydrogens is 580 g/mol. The van der Waals surface area contributed by atoms with E-state index < -0.39 is 17.9 Å². The van der Waals surface area contributed by atoms with Crippen molar-refractivity contribution in [2.45, 2.75) is 40.3 Å². The minimum atomic E-state index is -0.904. The third-order valence-corrected chi connectivity index (χ3v) is 8.81. The van der Waals surface area contributed by atoms with Crippen LogP contribution < -0.4 is 19.8 Å². The number of benzene rings is 3. The first-order valence-corrected chi connectivity index (χ1v) is 14.9. The quantitative estimate of drug-likeness (QED) is 0.179. The monoisotopic (exact) mass is 610 g/mol. The van der Waals surface area contributed by atoms with E-state index in [1.165, 1.54) is 12.0 Å². The first-order chi connectivity index (χ1) is 21.2. The van der Waals surface area contributed by atoms with Gasteiger partial charge in [0.25, 0.3) is 5.91 Å². The van der Waals surface area contributed by atoms with E-state index in [0.29, 0.717) is 46.9 Å². The summed E-state index contributed by atoms with van der Waals surface area (Å²) in [7, 11) is 1.29. The van der Waals surface area contributed by atoms with Crippen molar-refractivity contribution in [3.8, 4) is 11.5 Å². The van der Waals surface area contributed by atoms with Crippen LogP contribution in [0.3, 0.4) is 0 Å². The highest BCUT2D eigenvalue weighted by molar-refractivity contribution is 7.17. The Labute approximate surface area is 257 Å². The molecular formula is C34H30N2O7S. The van der Waals surface area contributed by atoms with Crippen LogP contribution >= 0.6 is 11.3 Å². The third kappa shape index (κ3) is 5.01. The molecule has 44 heavy (non-hydrogen) atoms. The molecule has 3 heterocycles. The maximum atomic E-state index is 14.2. The Morgan fingerprint density at radius 2 is 1.73 bits per heavy atom. The molecule has 1 aliphatic rings. The van der Waals surface area contributed by atoms with Gasteiger partial charge >= 0.3 is 5.97 Å².